The summed E-state index contributed by atoms with van der Waals surface area (Å²) >= 11 is 0. The lowest BCUT2D eigenvalue weighted by Crippen LogP contribution is -2.43. The maximum atomic E-state index is 14.3. The third kappa shape index (κ3) is 3.30. The molecule has 0 spiro atoms. The van der Waals surface area contributed by atoms with Gasteiger partial charge in [-0.25, -0.2) is 4.39 Å². The smallest absolute Gasteiger partial charge is 0.130 e. The van der Waals surface area contributed by atoms with Crippen LogP contribution in [0.15, 0.2) is 18.2 Å². The van der Waals surface area contributed by atoms with Gasteiger partial charge in [-0.1, -0.05) is 19.9 Å². The Hall–Kier alpha value is -1.13. The normalized spacial score (nSPS) is 21.0. The lowest BCUT2D eigenvalue weighted by molar-refractivity contribution is 0.0383. The zero-order valence-electron chi connectivity index (χ0n) is 12.7. The summed E-state index contributed by atoms with van der Waals surface area (Å²) in [5, 5.41) is 3.31. The predicted molar refractivity (Wildman–Crippen MR) is 80.7 cm³/mol. The first-order valence-electron chi connectivity index (χ1n) is 7.55. The van der Waals surface area contributed by atoms with Gasteiger partial charge < -0.3 is 15.0 Å². The van der Waals surface area contributed by atoms with E-state index >= 15 is 0 Å². The Morgan fingerprint density at radius 1 is 1.45 bits per heavy atom. The lowest BCUT2D eigenvalue weighted by atomic mass is 10.0. The van der Waals surface area contributed by atoms with Crippen molar-refractivity contribution >= 4 is 5.69 Å². The average molecular weight is 280 g/mol. The van der Waals surface area contributed by atoms with E-state index < -0.39 is 0 Å². The van der Waals surface area contributed by atoms with Crippen LogP contribution in [0, 0.1) is 5.82 Å². The minimum Gasteiger partial charge on any atom is -0.375 e. The summed E-state index contributed by atoms with van der Waals surface area (Å²) in [5.74, 6) is -0.129. The molecule has 0 aromatic heterocycles. The minimum absolute atomic E-state index is 0.0131. The second-order valence-electron chi connectivity index (χ2n) is 5.30. The maximum Gasteiger partial charge on any atom is 0.130 e. The van der Waals surface area contributed by atoms with Crippen molar-refractivity contribution in [2.75, 3.05) is 31.1 Å². The molecule has 0 amide bonds. The zero-order chi connectivity index (χ0) is 14.5. The fourth-order valence-corrected chi connectivity index (χ4v) is 2.82. The number of nitrogens with zero attached hydrogens (tertiary/aromatic N) is 1. The van der Waals surface area contributed by atoms with Crippen molar-refractivity contribution in [2.45, 2.75) is 39.3 Å². The second kappa shape index (κ2) is 7.04. The van der Waals surface area contributed by atoms with E-state index in [4.69, 9.17) is 4.74 Å². The van der Waals surface area contributed by atoms with Gasteiger partial charge in [0.1, 0.15) is 5.82 Å². The Morgan fingerprint density at radius 3 is 2.95 bits per heavy atom. The zero-order valence-corrected chi connectivity index (χ0v) is 12.7. The van der Waals surface area contributed by atoms with Crippen LogP contribution in [0.2, 0.25) is 0 Å². The molecule has 1 aromatic carbocycles. The van der Waals surface area contributed by atoms with Gasteiger partial charge in [0.05, 0.1) is 12.7 Å². The van der Waals surface area contributed by atoms with Gasteiger partial charge in [0, 0.05) is 30.4 Å². The van der Waals surface area contributed by atoms with Crippen molar-refractivity contribution in [3.63, 3.8) is 0 Å². The van der Waals surface area contributed by atoms with Crippen LogP contribution < -0.4 is 10.2 Å². The van der Waals surface area contributed by atoms with E-state index in [1.54, 1.807) is 12.1 Å². The molecular formula is C16H25FN2O. The van der Waals surface area contributed by atoms with Crippen LogP contribution in [-0.2, 0) is 4.74 Å². The average Bonchev–Trinajstić information content (AvgIpc) is 2.47. The summed E-state index contributed by atoms with van der Waals surface area (Å²) in [4.78, 5) is 2.25. The van der Waals surface area contributed by atoms with E-state index in [0.717, 1.165) is 37.3 Å². The quantitative estimate of drug-likeness (QED) is 0.897. The highest BCUT2D eigenvalue weighted by molar-refractivity contribution is 5.56. The molecule has 3 nitrogen and oxygen atoms in total. The molecule has 1 fully saturated rings. The van der Waals surface area contributed by atoms with Gasteiger partial charge >= 0.3 is 0 Å². The summed E-state index contributed by atoms with van der Waals surface area (Å²) in [5.41, 5.74) is 1.77. The fraction of sp³-hybridized carbons (Fsp3) is 0.625. The molecule has 1 aromatic rings. The third-order valence-electron chi connectivity index (χ3n) is 3.91. The Morgan fingerprint density at radius 2 is 2.25 bits per heavy atom. The van der Waals surface area contributed by atoms with Gasteiger partial charge in [0.25, 0.3) is 0 Å². The molecule has 0 saturated carbocycles. The molecule has 2 unspecified atom stereocenters. The van der Waals surface area contributed by atoms with Crippen molar-refractivity contribution in [2.24, 2.45) is 0 Å². The molecule has 2 atom stereocenters. The van der Waals surface area contributed by atoms with E-state index in [2.05, 4.69) is 17.1 Å². The van der Waals surface area contributed by atoms with Crippen molar-refractivity contribution in [1.82, 2.24) is 5.32 Å². The van der Waals surface area contributed by atoms with Crippen LogP contribution in [0.25, 0.3) is 0 Å². The molecule has 1 saturated heterocycles. The minimum atomic E-state index is -0.129. The Labute approximate surface area is 121 Å². The monoisotopic (exact) mass is 280 g/mol. The number of benzene rings is 1. The fourth-order valence-electron chi connectivity index (χ4n) is 2.82. The molecule has 1 aliphatic rings. The van der Waals surface area contributed by atoms with Crippen molar-refractivity contribution in [3.8, 4) is 0 Å². The topological polar surface area (TPSA) is 24.5 Å². The van der Waals surface area contributed by atoms with E-state index in [9.17, 15) is 4.39 Å². The number of hydrogen-bond donors (Lipinski definition) is 1. The largest absolute Gasteiger partial charge is 0.375 e. The summed E-state index contributed by atoms with van der Waals surface area (Å²) in [6, 6.07) is 5.37. The molecule has 1 aliphatic heterocycles. The van der Waals surface area contributed by atoms with Crippen molar-refractivity contribution in [1.29, 1.82) is 0 Å². The lowest BCUT2D eigenvalue weighted by Gasteiger charge is -2.36. The van der Waals surface area contributed by atoms with E-state index in [0.29, 0.717) is 6.61 Å². The van der Waals surface area contributed by atoms with Gasteiger partial charge in [0.15, 0.2) is 0 Å². The SMILES string of the molecule is CCNC(C)c1c(F)cccc1N1CCOC(CC)C1. The Bertz CT molecular complexity index is 438. The van der Waals surface area contributed by atoms with Crippen LogP contribution in [0.4, 0.5) is 10.1 Å². The molecule has 0 aliphatic carbocycles. The van der Waals surface area contributed by atoms with E-state index in [1.165, 1.54) is 0 Å². The van der Waals surface area contributed by atoms with Gasteiger partial charge in [0.2, 0.25) is 0 Å². The Balaban J connectivity index is 2.28. The second-order valence-corrected chi connectivity index (χ2v) is 5.30. The summed E-state index contributed by atoms with van der Waals surface area (Å²) in [6.07, 6.45) is 1.23. The highest BCUT2D eigenvalue weighted by Gasteiger charge is 2.24. The number of nitrogens with one attached hydrogen (secondary N) is 1. The summed E-state index contributed by atoms with van der Waals surface area (Å²) in [7, 11) is 0. The van der Waals surface area contributed by atoms with E-state index in [-0.39, 0.29) is 18.0 Å². The van der Waals surface area contributed by atoms with Gasteiger partial charge in [-0.3, -0.25) is 0 Å². The maximum absolute atomic E-state index is 14.3. The van der Waals surface area contributed by atoms with Crippen LogP contribution in [0.3, 0.4) is 0 Å². The number of halogens is 1. The van der Waals surface area contributed by atoms with Gasteiger partial charge in [-0.15, -0.1) is 0 Å². The Kier molecular flexibility index (Phi) is 5.38. The number of rotatable bonds is 5. The van der Waals surface area contributed by atoms with Crippen LogP contribution in [0.1, 0.15) is 38.8 Å². The number of morpholine rings is 1. The van der Waals surface area contributed by atoms with Crippen LogP contribution >= 0.6 is 0 Å². The number of anilines is 1. The van der Waals surface area contributed by atoms with Crippen LogP contribution in [0.5, 0.6) is 0 Å². The molecule has 2 rings (SSSR count). The highest BCUT2D eigenvalue weighted by atomic mass is 19.1. The predicted octanol–water partition coefficient (Wildman–Crippen LogP) is 3.11. The molecular weight excluding hydrogens is 255 g/mol. The summed E-state index contributed by atoms with van der Waals surface area (Å²) < 4.78 is 20.0. The highest BCUT2D eigenvalue weighted by Crippen LogP contribution is 2.30. The summed E-state index contributed by atoms with van der Waals surface area (Å²) in [6.45, 7) is 9.39. The van der Waals surface area contributed by atoms with Crippen molar-refractivity contribution < 1.29 is 9.13 Å². The van der Waals surface area contributed by atoms with E-state index in [1.807, 2.05) is 19.9 Å². The van der Waals surface area contributed by atoms with Gasteiger partial charge in [-0.2, -0.15) is 0 Å². The number of hydrogen-bond acceptors (Lipinski definition) is 3. The molecule has 0 bridgehead atoms. The molecule has 1 heterocycles. The first kappa shape index (κ1) is 15.3. The van der Waals surface area contributed by atoms with Crippen molar-refractivity contribution in [3.05, 3.63) is 29.6 Å². The third-order valence-corrected chi connectivity index (χ3v) is 3.91. The molecule has 1 N–H and O–H groups in total. The molecule has 0 radical (unpaired) electrons. The standard InChI is InChI=1S/C16H25FN2O/c1-4-13-11-19(9-10-20-13)15-8-6-7-14(17)16(15)12(3)18-5-2/h6-8,12-13,18H,4-5,9-11H2,1-3H3. The molecule has 112 valence electrons. The molecule has 20 heavy (non-hydrogen) atoms. The number of ether oxygens (including phenoxy) is 1. The molecule has 4 heteroatoms. The van der Waals surface area contributed by atoms with Gasteiger partial charge in [-0.05, 0) is 32.0 Å². The first-order valence-corrected chi connectivity index (χ1v) is 7.55. The first-order chi connectivity index (χ1) is 9.67. The van der Waals surface area contributed by atoms with Crippen LogP contribution in [-0.4, -0.2) is 32.3 Å².